The van der Waals surface area contributed by atoms with E-state index in [0.29, 0.717) is 16.8 Å². The van der Waals surface area contributed by atoms with Gasteiger partial charge in [-0.25, -0.2) is 0 Å². The van der Waals surface area contributed by atoms with Gasteiger partial charge in [-0.05, 0) is 43.0 Å². The number of fused-ring (bicyclic) bond motifs is 1. The van der Waals surface area contributed by atoms with Gasteiger partial charge in [-0.15, -0.1) is 0 Å². The van der Waals surface area contributed by atoms with Crippen molar-refractivity contribution in [1.82, 2.24) is 4.98 Å². The predicted molar refractivity (Wildman–Crippen MR) is 79.0 cm³/mol. The van der Waals surface area contributed by atoms with Crippen LogP contribution in [0.4, 0.5) is 11.4 Å². The maximum atomic E-state index is 11.5. The largest absolute Gasteiger partial charge is 0.366 e. The molecule has 0 saturated carbocycles. The highest BCUT2D eigenvalue weighted by Gasteiger charge is 2.26. The molecule has 1 aromatic carbocycles. The van der Waals surface area contributed by atoms with Crippen molar-refractivity contribution in [2.75, 3.05) is 18.0 Å². The summed E-state index contributed by atoms with van der Waals surface area (Å²) in [7, 11) is 0. The molecule has 3 rings (SSSR count). The van der Waals surface area contributed by atoms with Gasteiger partial charge in [0.25, 0.3) is 0 Å². The minimum absolute atomic E-state index is 0.185. The molecule has 1 aliphatic heterocycles. The van der Waals surface area contributed by atoms with Crippen LogP contribution in [0.1, 0.15) is 19.8 Å². The van der Waals surface area contributed by atoms with Crippen molar-refractivity contribution in [3.05, 3.63) is 40.6 Å². The summed E-state index contributed by atoms with van der Waals surface area (Å²) in [5, 5.41) is 12.1. The number of hydrogen-bond donors (Lipinski definition) is 0. The minimum atomic E-state index is -0.279. The number of nitrogens with zero attached hydrogens (tertiary/aromatic N) is 3. The molecule has 1 aromatic heterocycles. The first-order valence-corrected chi connectivity index (χ1v) is 6.94. The Morgan fingerprint density at radius 3 is 3.00 bits per heavy atom. The lowest BCUT2D eigenvalue weighted by molar-refractivity contribution is -0.382. The van der Waals surface area contributed by atoms with Gasteiger partial charge in [0.15, 0.2) is 0 Å². The molecule has 5 nitrogen and oxygen atoms in total. The fourth-order valence-corrected chi connectivity index (χ4v) is 2.98. The SMILES string of the molecule is C[C@H]1CCCN(c2ccc3ncccc3c2[N+](=O)[O-])C1. The van der Waals surface area contributed by atoms with Crippen LogP contribution in [0.25, 0.3) is 10.9 Å². The number of rotatable bonds is 2. The van der Waals surface area contributed by atoms with Crippen LogP contribution in [0.5, 0.6) is 0 Å². The summed E-state index contributed by atoms with van der Waals surface area (Å²) in [6.45, 7) is 3.96. The summed E-state index contributed by atoms with van der Waals surface area (Å²) < 4.78 is 0. The fourth-order valence-electron chi connectivity index (χ4n) is 2.98. The second-order valence-electron chi connectivity index (χ2n) is 5.45. The summed E-state index contributed by atoms with van der Waals surface area (Å²) >= 11 is 0. The van der Waals surface area contributed by atoms with Gasteiger partial charge in [0, 0.05) is 19.3 Å². The molecule has 2 aromatic rings. The highest BCUT2D eigenvalue weighted by atomic mass is 16.6. The molecule has 104 valence electrons. The van der Waals surface area contributed by atoms with Crippen LogP contribution in [0, 0.1) is 16.0 Å². The molecule has 2 heterocycles. The Morgan fingerprint density at radius 1 is 1.40 bits per heavy atom. The highest BCUT2D eigenvalue weighted by molar-refractivity contribution is 5.94. The van der Waals surface area contributed by atoms with Gasteiger partial charge in [0.1, 0.15) is 5.69 Å². The highest BCUT2D eigenvalue weighted by Crippen LogP contribution is 2.36. The number of nitro benzene ring substituents is 1. The van der Waals surface area contributed by atoms with Gasteiger partial charge >= 0.3 is 5.69 Å². The fraction of sp³-hybridized carbons (Fsp3) is 0.400. The standard InChI is InChI=1S/C15H17N3O2/c1-11-4-3-9-17(10-11)14-7-6-13-12(5-2-8-16-13)15(14)18(19)20/h2,5-8,11H,3-4,9-10H2,1H3/t11-/m0/s1. The second-order valence-corrected chi connectivity index (χ2v) is 5.45. The van der Waals surface area contributed by atoms with Crippen LogP contribution in [-0.4, -0.2) is 23.0 Å². The normalized spacial score (nSPS) is 19.2. The van der Waals surface area contributed by atoms with E-state index < -0.39 is 0 Å². The maximum absolute atomic E-state index is 11.5. The van der Waals surface area contributed by atoms with Crippen LogP contribution in [0.2, 0.25) is 0 Å². The van der Waals surface area contributed by atoms with Crippen molar-refractivity contribution in [2.45, 2.75) is 19.8 Å². The zero-order chi connectivity index (χ0) is 14.1. The van der Waals surface area contributed by atoms with E-state index in [1.807, 2.05) is 12.1 Å². The lowest BCUT2D eigenvalue weighted by Gasteiger charge is -2.32. The number of nitro groups is 1. The van der Waals surface area contributed by atoms with Crippen LogP contribution >= 0.6 is 0 Å². The van der Waals surface area contributed by atoms with E-state index >= 15 is 0 Å². The summed E-state index contributed by atoms with van der Waals surface area (Å²) in [4.78, 5) is 17.6. The molecular formula is C15H17N3O2. The first kappa shape index (κ1) is 12.8. The molecule has 0 spiro atoms. The van der Waals surface area contributed by atoms with Gasteiger partial charge < -0.3 is 4.90 Å². The van der Waals surface area contributed by atoms with Crippen molar-refractivity contribution >= 4 is 22.3 Å². The predicted octanol–water partition coefficient (Wildman–Crippen LogP) is 3.38. The first-order valence-electron chi connectivity index (χ1n) is 6.94. The third-order valence-corrected chi connectivity index (χ3v) is 3.92. The third kappa shape index (κ3) is 2.19. The van der Waals surface area contributed by atoms with Crippen molar-refractivity contribution in [3.8, 4) is 0 Å². The van der Waals surface area contributed by atoms with Gasteiger partial charge in [0.05, 0.1) is 15.8 Å². The summed E-state index contributed by atoms with van der Waals surface area (Å²) in [6.07, 6.45) is 3.94. The number of aromatic nitrogens is 1. The Labute approximate surface area is 117 Å². The summed E-state index contributed by atoms with van der Waals surface area (Å²) in [5.41, 5.74) is 1.58. The maximum Gasteiger partial charge on any atom is 0.301 e. The Bertz CT molecular complexity index is 657. The minimum Gasteiger partial charge on any atom is -0.366 e. The summed E-state index contributed by atoms with van der Waals surface area (Å²) in [6, 6.07) is 7.23. The molecular weight excluding hydrogens is 254 g/mol. The Hall–Kier alpha value is -2.17. The smallest absolute Gasteiger partial charge is 0.301 e. The Balaban J connectivity index is 2.14. The Kier molecular flexibility index (Phi) is 3.26. The van der Waals surface area contributed by atoms with Crippen LogP contribution in [0.3, 0.4) is 0 Å². The van der Waals surface area contributed by atoms with E-state index in [0.717, 1.165) is 25.2 Å². The van der Waals surface area contributed by atoms with Crippen LogP contribution < -0.4 is 4.90 Å². The molecule has 0 amide bonds. The number of pyridine rings is 1. The van der Waals surface area contributed by atoms with E-state index in [1.54, 1.807) is 18.3 Å². The molecule has 1 saturated heterocycles. The average Bonchev–Trinajstić information content (AvgIpc) is 2.45. The molecule has 0 N–H and O–H groups in total. The molecule has 1 atom stereocenters. The lowest BCUT2D eigenvalue weighted by Crippen LogP contribution is -2.34. The topological polar surface area (TPSA) is 59.3 Å². The molecule has 0 bridgehead atoms. The van der Waals surface area contributed by atoms with E-state index in [2.05, 4.69) is 16.8 Å². The monoisotopic (exact) mass is 271 g/mol. The van der Waals surface area contributed by atoms with Crippen LogP contribution in [0.15, 0.2) is 30.5 Å². The molecule has 0 unspecified atom stereocenters. The molecule has 5 heteroatoms. The van der Waals surface area contributed by atoms with E-state index in [1.165, 1.54) is 6.42 Å². The summed E-state index contributed by atoms with van der Waals surface area (Å²) in [5.74, 6) is 0.577. The van der Waals surface area contributed by atoms with E-state index in [-0.39, 0.29) is 10.6 Å². The van der Waals surface area contributed by atoms with Gasteiger partial charge in [-0.1, -0.05) is 6.92 Å². The molecule has 1 aliphatic rings. The first-order chi connectivity index (χ1) is 9.66. The van der Waals surface area contributed by atoms with Gasteiger partial charge in [-0.3, -0.25) is 15.1 Å². The van der Waals surface area contributed by atoms with Crippen molar-refractivity contribution in [2.24, 2.45) is 5.92 Å². The third-order valence-electron chi connectivity index (χ3n) is 3.92. The quantitative estimate of drug-likeness (QED) is 0.620. The molecule has 20 heavy (non-hydrogen) atoms. The van der Waals surface area contributed by atoms with E-state index in [9.17, 15) is 10.1 Å². The van der Waals surface area contributed by atoms with Gasteiger partial charge in [-0.2, -0.15) is 0 Å². The molecule has 1 fully saturated rings. The number of hydrogen-bond acceptors (Lipinski definition) is 4. The number of piperidine rings is 1. The van der Waals surface area contributed by atoms with E-state index in [4.69, 9.17) is 0 Å². The molecule has 0 radical (unpaired) electrons. The zero-order valence-electron chi connectivity index (χ0n) is 11.5. The molecule has 0 aliphatic carbocycles. The Morgan fingerprint density at radius 2 is 2.25 bits per heavy atom. The zero-order valence-corrected chi connectivity index (χ0v) is 11.5. The number of benzene rings is 1. The second kappa shape index (κ2) is 5.07. The van der Waals surface area contributed by atoms with Crippen molar-refractivity contribution < 1.29 is 4.92 Å². The van der Waals surface area contributed by atoms with Crippen LogP contribution in [-0.2, 0) is 0 Å². The lowest BCUT2D eigenvalue weighted by atomic mass is 9.99. The van der Waals surface area contributed by atoms with Crippen molar-refractivity contribution in [1.29, 1.82) is 0 Å². The van der Waals surface area contributed by atoms with Gasteiger partial charge in [0.2, 0.25) is 0 Å². The number of anilines is 1. The average molecular weight is 271 g/mol. The van der Waals surface area contributed by atoms with Crippen molar-refractivity contribution in [3.63, 3.8) is 0 Å².